The van der Waals surface area contributed by atoms with Gasteiger partial charge in [0, 0.05) is 17.5 Å². The smallest absolute Gasteiger partial charge is 0.319 e. The standard InChI is InChI=1S/C19H15N5O4S/c1-28-18(25)16(10-12-5-4-6-13(9-12)24(26)27)29-19-21-17-14-7-2-3-8-15(14)20-11-23(17)22-19/h2-9,11,16H,10H2,1H3. The first-order valence-electron chi connectivity index (χ1n) is 8.63. The summed E-state index contributed by atoms with van der Waals surface area (Å²) >= 11 is 1.15. The molecule has 9 nitrogen and oxygen atoms in total. The Labute approximate surface area is 168 Å². The zero-order chi connectivity index (χ0) is 20.4. The normalized spacial score (nSPS) is 12.2. The largest absolute Gasteiger partial charge is 0.468 e. The van der Waals surface area contributed by atoms with E-state index in [1.807, 2.05) is 24.3 Å². The second-order valence-corrected chi connectivity index (χ2v) is 7.35. The number of nitro groups is 1. The van der Waals surface area contributed by atoms with E-state index in [-0.39, 0.29) is 12.1 Å². The number of thioether (sulfide) groups is 1. The van der Waals surface area contributed by atoms with E-state index in [9.17, 15) is 14.9 Å². The van der Waals surface area contributed by atoms with Crippen LogP contribution in [0.1, 0.15) is 5.56 Å². The first-order chi connectivity index (χ1) is 14.0. The number of carbonyl (C=O) groups excluding carboxylic acids is 1. The first kappa shape index (κ1) is 18.8. The molecule has 146 valence electrons. The van der Waals surface area contributed by atoms with Gasteiger partial charge in [0.15, 0.2) is 5.65 Å². The van der Waals surface area contributed by atoms with Crippen molar-refractivity contribution in [2.24, 2.45) is 0 Å². The SMILES string of the molecule is COC(=O)C(Cc1cccc([N+](=O)[O-])c1)Sc1nc2c3ccccc3ncn2n1. The molecule has 2 aromatic carbocycles. The minimum atomic E-state index is -0.654. The van der Waals surface area contributed by atoms with Crippen molar-refractivity contribution in [3.05, 3.63) is 70.5 Å². The van der Waals surface area contributed by atoms with E-state index in [1.165, 1.54) is 19.2 Å². The number of nitrogens with zero attached hydrogens (tertiary/aromatic N) is 5. The summed E-state index contributed by atoms with van der Waals surface area (Å²) in [4.78, 5) is 31.7. The number of methoxy groups -OCH3 is 1. The van der Waals surface area contributed by atoms with Gasteiger partial charge in [-0.1, -0.05) is 36.0 Å². The van der Waals surface area contributed by atoms with E-state index in [4.69, 9.17) is 4.74 Å². The average Bonchev–Trinajstić information content (AvgIpc) is 3.16. The van der Waals surface area contributed by atoms with Crippen LogP contribution in [-0.2, 0) is 16.0 Å². The molecular formula is C19H15N5O4S. The zero-order valence-electron chi connectivity index (χ0n) is 15.3. The van der Waals surface area contributed by atoms with Gasteiger partial charge in [-0.2, -0.15) is 0 Å². The molecule has 0 saturated carbocycles. The van der Waals surface area contributed by atoms with E-state index < -0.39 is 16.1 Å². The number of non-ortho nitro benzene ring substituents is 1. The predicted molar refractivity (Wildman–Crippen MR) is 107 cm³/mol. The van der Waals surface area contributed by atoms with Crippen molar-refractivity contribution in [3.63, 3.8) is 0 Å². The Balaban J connectivity index is 1.65. The zero-order valence-corrected chi connectivity index (χ0v) is 16.1. The second-order valence-electron chi connectivity index (χ2n) is 6.19. The highest BCUT2D eigenvalue weighted by Crippen LogP contribution is 2.27. The summed E-state index contributed by atoms with van der Waals surface area (Å²) in [5.41, 5.74) is 2.06. The molecule has 0 bridgehead atoms. The van der Waals surface area contributed by atoms with Crippen LogP contribution >= 0.6 is 11.8 Å². The number of hydrogen-bond acceptors (Lipinski definition) is 8. The number of nitro benzene ring substituents is 1. The van der Waals surface area contributed by atoms with Crippen molar-refractivity contribution in [2.75, 3.05) is 7.11 Å². The van der Waals surface area contributed by atoms with Gasteiger partial charge in [0.05, 0.1) is 17.5 Å². The second kappa shape index (κ2) is 7.84. The van der Waals surface area contributed by atoms with Crippen LogP contribution in [0.25, 0.3) is 16.6 Å². The molecule has 29 heavy (non-hydrogen) atoms. The maximum atomic E-state index is 12.3. The summed E-state index contributed by atoms with van der Waals surface area (Å²) in [7, 11) is 1.30. The lowest BCUT2D eigenvalue weighted by atomic mass is 10.1. The number of ether oxygens (including phenoxy) is 1. The Morgan fingerprint density at radius 2 is 2.10 bits per heavy atom. The number of carbonyl (C=O) groups is 1. The minimum absolute atomic E-state index is 0.0282. The van der Waals surface area contributed by atoms with E-state index >= 15 is 0 Å². The molecule has 4 rings (SSSR count). The van der Waals surface area contributed by atoms with Crippen LogP contribution in [0.3, 0.4) is 0 Å². The van der Waals surface area contributed by atoms with E-state index in [1.54, 1.807) is 23.0 Å². The number of fused-ring (bicyclic) bond motifs is 3. The Hall–Kier alpha value is -3.53. The number of benzene rings is 2. The van der Waals surface area contributed by atoms with Crippen LogP contribution in [0.15, 0.2) is 60.0 Å². The third-order valence-corrected chi connectivity index (χ3v) is 5.34. The molecule has 0 aliphatic carbocycles. The first-order valence-corrected chi connectivity index (χ1v) is 9.51. The summed E-state index contributed by atoms with van der Waals surface area (Å²) in [5, 5.41) is 16.0. The number of esters is 1. The van der Waals surface area contributed by atoms with Crippen molar-refractivity contribution >= 4 is 40.0 Å². The van der Waals surface area contributed by atoms with Gasteiger partial charge in [0.25, 0.3) is 5.69 Å². The van der Waals surface area contributed by atoms with Gasteiger partial charge in [0.1, 0.15) is 11.6 Å². The molecule has 10 heteroatoms. The van der Waals surface area contributed by atoms with Gasteiger partial charge < -0.3 is 4.74 Å². The number of hydrogen-bond donors (Lipinski definition) is 0. The van der Waals surface area contributed by atoms with E-state index in [2.05, 4.69) is 15.1 Å². The Morgan fingerprint density at radius 1 is 1.28 bits per heavy atom. The van der Waals surface area contributed by atoms with Gasteiger partial charge >= 0.3 is 5.97 Å². The predicted octanol–water partition coefficient (Wildman–Crippen LogP) is 3.06. The summed E-state index contributed by atoms with van der Waals surface area (Å²) in [6.07, 6.45) is 1.82. The fraction of sp³-hybridized carbons (Fsp3) is 0.158. The van der Waals surface area contributed by atoms with Crippen LogP contribution in [0.4, 0.5) is 5.69 Å². The van der Waals surface area contributed by atoms with E-state index in [0.29, 0.717) is 16.4 Å². The van der Waals surface area contributed by atoms with Crippen LogP contribution in [0, 0.1) is 10.1 Å². The maximum Gasteiger partial charge on any atom is 0.319 e. The molecule has 1 atom stereocenters. The Kier molecular flexibility index (Phi) is 5.09. The Bertz CT molecular complexity index is 1230. The molecule has 1 unspecified atom stereocenters. The molecule has 0 aliphatic heterocycles. The molecule has 4 aromatic rings. The quantitative estimate of drug-likeness (QED) is 0.207. The van der Waals surface area contributed by atoms with Gasteiger partial charge in [-0.3, -0.25) is 14.9 Å². The fourth-order valence-corrected chi connectivity index (χ4v) is 3.95. The van der Waals surface area contributed by atoms with Gasteiger partial charge in [-0.15, -0.1) is 5.10 Å². The lowest BCUT2D eigenvalue weighted by Crippen LogP contribution is -2.21. The molecule has 0 saturated heterocycles. The summed E-state index contributed by atoms with van der Waals surface area (Å²) in [6, 6.07) is 13.8. The number of para-hydroxylation sites is 1. The Morgan fingerprint density at radius 3 is 2.90 bits per heavy atom. The van der Waals surface area contributed by atoms with E-state index in [0.717, 1.165) is 22.7 Å². The molecule has 0 radical (unpaired) electrons. The average molecular weight is 409 g/mol. The molecule has 0 amide bonds. The van der Waals surface area contributed by atoms with Gasteiger partial charge in [-0.05, 0) is 24.1 Å². The van der Waals surface area contributed by atoms with Crippen LogP contribution in [0.2, 0.25) is 0 Å². The van der Waals surface area contributed by atoms with Gasteiger partial charge in [-0.25, -0.2) is 14.5 Å². The van der Waals surface area contributed by atoms with Crippen molar-refractivity contribution in [2.45, 2.75) is 16.8 Å². The van der Waals surface area contributed by atoms with Crippen LogP contribution in [-0.4, -0.2) is 42.8 Å². The molecule has 0 aliphatic rings. The van der Waals surface area contributed by atoms with Crippen molar-refractivity contribution < 1.29 is 14.5 Å². The third kappa shape index (κ3) is 3.87. The maximum absolute atomic E-state index is 12.3. The monoisotopic (exact) mass is 409 g/mol. The minimum Gasteiger partial charge on any atom is -0.468 e. The highest BCUT2D eigenvalue weighted by atomic mass is 32.2. The fourth-order valence-electron chi connectivity index (χ4n) is 2.95. The highest BCUT2D eigenvalue weighted by Gasteiger charge is 2.24. The lowest BCUT2D eigenvalue weighted by molar-refractivity contribution is -0.384. The summed E-state index contributed by atoms with van der Waals surface area (Å²) < 4.78 is 6.47. The highest BCUT2D eigenvalue weighted by molar-refractivity contribution is 8.00. The molecule has 2 aromatic heterocycles. The number of aromatic nitrogens is 4. The topological polar surface area (TPSA) is 113 Å². The molecule has 0 N–H and O–H groups in total. The van der Waals surface area contributed by atoms with Crippen molar-refractivity contribution in [1.82, 2.24) is 19.6 Å². The van der Waals surface area contributed by atoms with Gasteiger partial charge in [0.2, 0.25) is 5.16 Å². The molecule has 0 fully saturated rings. The summed E-state index contributed by atoms with van der Waals surface area (Å²) in [5.74, 6) is -0.455. The molecule has 0 spiro atoms. The third-order valence-electron chi connectivity index (χ3n) is 4.32. The van der Waals surface area contributed by atoms with Crippen molar-refractivity contribution in [1.29, 1.82) is 0 Å². The summed E-state index contributed by atoms with van der Waals surface area (Å²) in [6.45, 7) is 0. The number of rotatable bonds is 6. The van der Waals surface area contributed by atoms with Crippen molar-refractivity contribution in [3.8, 4) is 0 Å². The molecular weight excluding hydrogens is 394 g/mol. The van der Waals surface area contributed by atoms with Crippen LogP contribution in [0.5, 0.6) is 0 Å². The molecule has 2 heterocycles. The lowest BCUT2D eigenvalue weighted by Gasteiger charge is -2.12. The van der Waals surface area contributed by atoms with Crippen LogP contribution < -0.4 is 0 Å².